The van der Waals surface area contributed by atoms with Crippen molar-refractivity contribution in [3.63, 3.8) is 0 Å². The maximum atomic E-state index is 12.1. The van der Waals surface area contributed by atoms with E-state index in [1.54, 1.807) is 38.7 Å². The fourth-order valence-electron chi connectivity index (χ4n) is 3.08. The average molecular weight is 475 g/mol. The van der Waals surface area contributed by atoms with Gasteiger partial charge in [0.25, 0.3) is 0 Å². The van der Waals surface area contributed by atoms with E-state index in [0.717, 1.165) is 0 Å². The van der Waals surface area contributed by atoms with Crippen LogP contribution in [0.15, 0.2) is 6.33 Å². The Morgan fingerprint density at radius 2 is 2.19 bits per heavy atom. The summed E-state index contributed by atoms with van der Waals surface area (Å²) < 4.78 is 30.2. The lowest BCUT2D eigenvalue weighted by Crippen LogP contribution is -2.33. The molecule has 4 N–H and O–H groups in total. The Bertz CT molecular complexity index is 958. The summed E-state index contributed by atoms with van der Waals surface area (Å²) in [5.41, 5.74) is 6.81. The average Bonchev–Trinajstić information content (AvgIpc) is 3.27. The van der Waals surface area contributed by atoms with Crippen LogP contribution < -0.4 is 16.1 Å². The van der Waals surface area contributed by atoms with E-state index in [-0.39, 0.29) is 18.7 Å². The second-order valence-corrected chi connectivity index (χ2v) is 8.89. The quantitative estimate of drug-likeness (QED) is 0.277. The molecule has 3 heterocycles. The fourth-order valence-corrected chi connectivity index (χ4v) is 4.26. The summed E-state index contributed by atoms with van der Waals surface area (Å²) in [5, 5.41) is 5.10. The number of hydrogen-bond acceptors (Lipinski definition) is 10. The largest absolute Gasteiger partial charge is 0.613 e. The first-order chi connectivity index (χ1) is 14.7. The molecule has 14 heteroatoms. The molecule has 0 spiro atoms. The Kier molecular flexibility index (Phi) is 7.60. The number of alkyl halides is 1. The van der Waals surface area contributed by atoms with Crippen LogP contribution >= 0.6 is 19.8 Å². The lowest BCUT2D eigenvalue weighted by atomic mass is 10.2. The van der Waals surface area contributed by atoms with Gasteiger partial charge in [0.05, 0.1) is 23.9 Å². The highest BCUT2D eigenvalue weighted by atomic mass is 35.5. The van der Waals surface area contributed by atoms with Crippen molar-refractivity contribution in [2.24, 2.45) is 0 Å². The van der Waals surface area contributed by atoms with Crippen molar-refractivity contribution in [1.29, 1.82) is 0 Å². The van der Waals surface area contributed by atoms with Gasteiger partial charge in [0.1, 0.15) is 12.6 Å². The molecule has 1 aliphatic heterocycles. The van der Waals surface area contributed by atoms with Gasteiger partial charge in [-0.1, -0.05) is 5.09 Å². The van der Waals surface area contributed by atoms with Gasteiger partial charge in [0, 0.05) is 7.05 Å². The molecule has 170 valence electrons. The van der Waals surface area contributed by atoms with Crippen LogP contribution in [-0.2, 0) is 23.4 Å². The molecular weight excluding hydrogens is 449 g/mol. The molecule has 0 bridgehead atoms. The number of anilines is 2. The van der Waals surface area contributed by atoms with Gasteiger partial charge in [-0.3, -0.25) is 9.36 Å². The molecule has 12 nitrogen and oxygen atoms in total. The van der Waals surface area contributed by atoms with E-state index in [0.29, 0.717) is 23.4 Å². The van der Waals surface area contributed by atoms with Crippen LogP contribution in [0.1, 0.15) is 33.4 Å². The van der Waals surface area contributed by atoms with Crippen LogP contribution in [0.25, 0.3) is 11.2 Å². The number of hydrogen-bond donors (Lipinski definition) is 3. The third-order valence-corrected chi connectivity index (χ3v) is 5.84. The molecule has 0 amide bonds. The number of fused-ring (bicyclic) bond motifs is 1. The normalized spacial score (nSPS) is 22.6. The zero-order valence-electron chi connectivity index (χ0n) is 17.6. The summed E-state index contributed by atoms with van der Waals surface area (Å²) in [6.45, 7) is 5.05. The van der Waals surface area contributed by atoms with Crippen LogP contribution in [0.3, 0.4) is 0 Å². The van der Waals surface area contributed by atoms with Crippen molar-refractivity contribution in [3.05, 3.63) is 6.33 Å². The maximum absolute atomic E-state index is 12.1. The Labute approximate surface area is 185 Å². The second kappa shape index (κ2) is 10.0. The number of nitrogens with one attached hydrogen (secondary N) is 2. The Morgan fingerprint density at radius 3 is 2.87 bits per heavy atom. The van der Waals surface area contributed by atoms with Gasteiger partial charge in [-0.25, -0.2) is 4.98 Å². The fraction of sp³-hybridized carbons (Fsp3) is 0.647. The number of rotatable bonds is 9. The number of imidazole rings is 1. The number of nitrogens with zero attached hydrogens (tertiary/aromatic N) is 4. The molecule has 1 fully saturated rings. The van der Waals surface area contributed by atoms with Crippen molar-refractivity contribution in [3.8, 4) is 0 Å². The lowest BCUT2D eigenvalue weighted by molar-refractivity contribution is -0.149. The highest BCUT2D eigenvalue weighted by Gasteiger charge is 2.39. The van der Waals surface area contributed by atoms with Crippen molar-refractivity contribution >= 4 is 48.7 Å². The number of ether oxygens (including phenoxy) is 2. The molecule has 0 saturated carbocycles. The first-order valence-electron chi connectivity index (χ1n) is 9.73. The SMILES string of the molecule is CNc1nc(N)nc2c1ncn2C1OC(CO[P+](=O)NC(C)C(=O)OC(C)C)CC1Cl. The van der Waals surface area contributed by atoms with Crippen LogP contribution in [0.2, 0.25) is 0 Å². The maximum Gasteiger partial charge on any atom is 0.613 e. The number of aromatic nitrogens is 4. The number of halogens is 1. The van der Waals surface area contributed by atoms with E-state index in [2.05, 4.69) is 25.4 Å². The molecule has 0 radical (unpaired) electrons. The molecule has 1 aliphatic rings. The summed E-state index contributed by atoms with van der Waals surface area (Å²) in [6, 6.07) is -0.771. The minimum absolute atomic E-state index is 0.0272. The van der Waals surface area contributed by atoms with Gasteiger partial charge in [-0.15, -0.1) is 16.1 Å². The van der Waals surface area contributed by atoms with Crippen LogP contribution in [0, 0.1) is 0 Å². The third kappa shape index (κ3) is 5.58. The number of esters is 1. The Hall–Kier alpha value is -2.11. The Balaban J connectivity index is 1.59. The summed E-state index contributed by atoms with van der Waals surface area (Å²) in [6.07, 6.45) is 0.785. The van der Waals surface area contributed by atoms with Crippen LogP contribution in [0.5, 0.6) is 0 Å². The van der Waals surface area contributed by atoms with E-state index in [4.69, 9.17) is 31.3 Å². The van der Waals surface area contributed by atoms with Gasteiger partial charge in [-0.2, -0.15) is 9.97 Å². The highest BCUT2D eigenvalue weighted by molar-refractivity contribution is 7.36. The topological polar surface area (TPSA) is 156 Å². The van der Waals surface area contributed by atoms with Crippen molar-refractivity contribution in [2.75, 3.05) is 24.7 Å². The van der Waals surface area contributed by atoms with E-state index < -0.39 is 37.9 Å². The predicted molar refractivity (Wildman–Crippen MR) is 115 cm³/mol. The molecule has 1 saturated heterocycles. The molecule has 2 aromatic heterocycles. The first kappa shape index (κ1) is 23.6. The molecule has 5 atom stereocenters. The minimum atomic E-state index is -2.29. The smallest absolute Gasteiger partial charge is 0.462 e. The molecule has 5 unspecified atom stereocenters. The number of nitrogens with two attached hydrogens (primary N) is 1. The van der Waals surface area contributed by atoms with Crippen molar-refractivity contribution in [2.45, 2.75) is 57.0 Å². The van der Waals surface area contributed by atoms with Crippen LogP contribution in [0.4, 0.5) is 11.8 Å². The summed E-state index contributed by atoms with van der Waals surface area (Å²) in [7, 11) is -0.584. The van der Waals surface area contributed by atoms with Gasteiger partial charge in [0.15, 0.2) is 23.2 Å². The van der Waals surface area contributed by atoms with Crippen molar-refractivity contribution < 1.29 is 23.4 Å². The number of nitrogen functional groups attached to an aromatic ring is 1. The standard InChI is InChI=1S/C17H26ClN7O5P/c1-8(2)29-16(26)9(3)24-31(27)28-6-10-5-11(18)15(30-10)25-7-21-12-13(20-4)22-17(19)23-14(12)25/h7-11,15H,5-6H2,1-4H3,(H,24,27)(H3,19,20,22,23)/q+1. The summed E-state index contributed by atoms with van der Waals surface area (Å²) in [5.74, 6) is 0.0864. The molecular formula is C17H26ClN7O5P+. The van der Waals surface area contributed by atoms with Crippen LogP contribution in [-0.4, -0.2) is 62.8 Å². The third-order valence-electron chi connectivity index (χ3n) is 4.46. The summed E-state index contributed by atoms with van der Waals surface area (Å²) >= 11 is 6.50. The number of carbonyl (C=O) groups excluding carboxylic acids is 1. The second-order valence-electron chi connectivity index (χ2n) is 7.29. The molecule has 31 heavy (non-hydrogen) atoms. The van der Waals surface area contributed by atoms with E-state index in [1.807, 2.05) is 0 Å². The zero-order chi connectivity index (χ0) is 22.7. The van der Waals surface area contributed by atoms with Gasteiger partial charge in [-0.05, 0) is 31.8 Å². The van der Waals surface area contributed by atoms with Crippen molar-refractivity contribution in [1.82, 2.24) is 24.6 Å². The zero-order valence-corrected chi connectivity index (χ0v) is 19.3. The number of carbonyl (C=O) groups is 1. The van der Waals surface area contributed by atoms with E-state index in [1.165, 1.54) is 0 Å². The summed E-state index contributed by atoms with van der Waals surface area (Å²) in [4.78, 5) is 24.5. The molecule has 2 aromatic rings. The molecule has 0 aliphatic carbocycles. The highest BCUT2D eigenvalue weighted by Crippen LogP contribution is 2.36. The lowest BCUT2D eigenvalue weighted by Gasteiger charge is -2.16. The first-order valence-corrected chi connectivity index (χ1v) is 11.3. The Morgan fingerprint density at radius 1 is 1.45 bits per heavy atom. The van der Waals surface area contributed by atoms with Gasteiger partial charge in [0.2, 0.25) is 5.95 Å². The molecule has 3 rings (SSSR count). The minimum Gasteiger partial charge on any atom is -0.462 e. The van der Waals surface area contributed by atoms with E-state index in [9.17, 15) is 9.36 Å². The van der Waals surface area contributed by atoms with Gasteiger partial charge >= 0.3 is 14.1 Å². The monoisotopic (exact) mass is 474 g/mol. The predicted octanol–water partition coefficient (Wildman–Crippen LogP) is 1.95. The van der Waals surface area contributed by atoms with E-state index >= 15 is 0 Å². The molecule has 0 aromatic carbocycles. The van der Waals surface area contributed by atoms with Gasteiger partial charge < -0.3 is 20.5 Å².